The molecule has 1 aromatic carbocycles. The maximum atomic E-state index is 7.11. The van der Waals surface area contributed by atoms with E-state index in [1.165, 1.54) is 5.56 Å². The molecule has 0 saturated heterocycles. The summed E-state index contributed by atoms with van der Waals surface area (Å²) in [5, 5.41) is 7.11. The molecule has 0 atom stereocenters. The molecule has 3 nitrogen and oxygen atoms in total. The van der Waals surface area contributed by atoms with E-state index in [0.29, 0.717) is 18.9 Å². The maximum absolute atomic E-state index is 7.11. The summed E-state index contributed by atoms with van der Waals surface area (Å²) >= 11 is 0. The molecule has 0 aliphatic rings. The van der Waals surface area contributed by atoms with Gasteiger partial charge in [0.25, 0.3) is 0 Å². The Balaban J connectivity index is 2.50. The summed E-state index contributed by atoms with van der Waals surface area (Å²) < 4.78 is 5.70. The lowest BCUT2D eigenvalue weighted by atomic mass is 10.0. The summed E-state index contributed by atoms with van der Waals surface area (Å²) in [4.78, 5) is 0. The Hall–Kier alpha value is -1.51. The predicted molar refractivity (Wildman–Crippen MR) is 67.2 cm³/mol. The van der Waals surface area contributed by atoms with Crippen molar-refractivity contribution in [3.8, 4) is 5.75 Å². The quantitative estimate of drug-likeness (QED) is 0.440. The van der Waals surface area contributed by atoms with Crippen LogP contribution in [0.1, 0.15) is 38.2 Å². The van der Waals surface area contributed by atoms with E-state index >= 15 is 0 Å². The first kappa shape index (κ1) is 12.6. The van der Waals surface area contributed by atoms with Gasteiger partial charge in [-0.1, -0.05) is 32.0 Å². The Labute approximate surface area is 97.1 Å². The predicted octanol–water partition coefficient (Wildman–Crippen LogP) is 2.90. The average molecular weight is 220 g/mol. The van der Waals surface area contributed by atoms with Crippen LogP contribution >= 0.6 is 0 Å². The molecule has 1 rings (SSSR count). The van der Waals surface area contributed by atoms with Crippen LogP contribution in [0.4, 0.5) is 0 Å². The van der Waals surface area contributed by atoms with Gasteiger partial charge in [-0.05, 0) is 24.0 Å². The fourth-order valence-electron chi connectivity index (χ4n) is 1.53. The summed E-state index contributed by atoms with van der Waals surface area (Å²) in [5.74, 6) is 1.63. The van der Waals surface area contributed by atoms with Gasteiger partial charge in [0, 0.05) is 6.42 Å². The van der Waals surface area contributed by atoms with Gasteiger partial charge >= 0.3 is 0 Å². The molecular weight excluding hydrogens is 200 g/mol. The normalized spacial score (nSPS) is 10.4. The number of ether oxygens (including phenoxy) is 1. The zero-order chi connectivity index (χ0) is 12.0. The van der Waals surface area contributed by atoms with Crippen molar-refractivity contribution in [2.45, 2.75) is 32.6 Å². The monoisotopic (exact) mass is 220 g/mol. The van der Waals surface area contributed by atoms with Crippen molar-refractivity contribution in [1.82, 2.24) is 0 Å². The Morgan fingerprint density at radius 1 is 1.38 bits per heavy atom. The van der Waals surface area contributed by atoms with Crippen molar-refractivity contribution in [3.63, 3.8) is 0 Å². The second-order valence-corrected chi connectivity index (χ2v) is 4.17. The van der Waals surface area contributed by atoms with Crippen molar-refractivity contribution in [2.75, 3.05) is 6.61 Å². The van der Waals surface area contributed by atoms with Crippen LogP contribution in [0.25, 0.3) is 0 Å². The van der Waals surface area contributed by atoms with E-state index in [9.17, 15) is 0 Å². The Morgan fingerprint density at radius 2 is 2.06 bits per heavy atom. The lowest BCUT2D eigenvalue weighted by Crippen LogP contribution is -2.11. The zero-order valence-corrected chi connectivity index (χ0v) is 9.99. The largest absolute Gasteiger partial charge is 0.493 e. The van der Waals surface area contributed by atoms with E-state index in [0.717, 1.165) is 12.2 Å². The number of amidine groups is 1. The van der Waals surface area contributed by atoms with Crippen LogP contribution in [0, 0.1) is 5.41 Å². The molecule has 3 N–H and O–H groups in total. The first-order valence-corrected chi connectivity index (χ1v) is 5.66. The number of rotatable bonds is 6. The van der Waals surface area contributed by atoms with Crippen molar-refractivity contribution in [3.05, 3.63) is 29.8 Å². The van der Waals surface area contributed by atoms with Crippen molar-refractivity contribution >= 4 is 5.84 Å². The van der Waals surface area contributed by atoms with Gasteiger partial charge in [-0.3, -0.25) is 5.41 Å². The molecule has 0 aromatic heterocycles. The summed E-state index contributed by atoms with van der Waals surface area (Å²) in [6, 6.07) is 8.08. The Bertz CT molecular complexity index is 348. The van der Waals surface area contributed by atoms with E-state index < -0.39 is 0 Å². The van der Waals surface area contributed by atoms with E-state index in [1.807, 2.05) is 18.2 Å². The van der Waals surface area contributed by atoms with Crippen LogP contribution in [0.15, 0.2) is 24.3 Å². The molecule has 16 heavy (non-hydrogen) atoms. The topological polar surface area (TPSA) is 59.1 Å². The summed E-state index contributed by atoms with van der Waals surface area (Å²) in [6.07, 6.45) is 1.39. The minimum atomic E-state index is 0.223. The lowest BCUT2D eigenvalue weighted by Gasteiger charge is -2.13. The number of benzene rings is 1. The molecule has 0 unspecified atom stereocenters. The molecule has 0 heterocycles. The molecule has 0 amide bonds. The molecule has 0 aliphatic heterocycles. The number of para-hydroxylation sites is 1. The van der Waals surface area contributed by atoms with Gasteiger partial charge in [0.1, 0.15) is 5.75 Å². The molecule has 0 fully saturated rings. The van der Waals surface area contributed by atoms with E-state index in [1.54, 1.807) is 0 Å². The smallest absolute Gasteiger partial charge is 0.122 e. The van der Waals surface area contributed by atoms with Gasteiger partial charge in [-0.2, -0.15) is 0 Å². The van der Waals surface area contributed by atoms with Gasteiger partial charge in [0.15, 0.2) is 0 Å². The van der Waals surface area contributed by atoms with Crippen LogP contribution in [0.2, 0.25) is 0 Å². The van der Waals surface area contributed by atoms with Crippen LogP contribution in [0.3, 0.4) is 0 Å². The Kier molecular flexibility index (Phi) is 4.83. The molecule has 88 valence electrons. The van der Waals surface area contributed by atoms with Crippen molar-refractivity contribution in [1.29, 1.82) is 5.41 Å². The van der Waals surface area contributed by atoms with Crippen molar-refractivity contribution < 1.29 is 4.74 Å². The van der Waals surface area contributed by atoms with E-state index in [4.69, 9.17) is 15.9 Å². The SMILES string of the molecule is CC(C)c1ccccc1OCCCC(=N)N. The molecular formula is C13H20N2O. The van der Waals surface area contributed by atoms with Gasteiger partial charge in [0.2, 0.25) is 0 Å². The van der Waals surface area contributed by atoms with Crippen LogP contribution in [0.5, 0.6) is 5.75 Å². The molecule has 0 saturated carbocycles. The molecule has 1 aromatic rings. The van der Waals surface area contributed by atoms with Crippen molar-refractivity contribution in [2.24, 2.45) is 5.73 Å². The number of hydrogen-bond donors (Lipinski definition) is 2. The second kappa shape index (κ2) is 6.16. The van der Waals surface area contributed by atoms with Crippen LogP contribution in [-0.2, 0) is 0 Å². The molecule has 0 bridgehead atoms. The second-order valence-electron chi connectivity index (χ2n) is 4.17. The van der Waals surface area contributed by atoms with Gasteiger partial charge in [0.05, 0.1) is 12.4 Å². The van der Waals surface area contributed by atoms with Gasteiger partial charge < -0.3 is 10.5 Å². The minimum Gasteiger partial charge on any atom is -0.493 e. The highest BCUT2D eigenvalue weighted by Gasteiger charge is 2.06. The van der Waals surface area contributed by atoms with Gasteiger partial charge in [-0.25, -0.2) is 0 Å². The fraction of sp³-hybridized carbons (Fsp3) is 0.462. The lowest BCUT2D eigenvalue weighted by molar-refractivity contribution is 0.309. The highest BCUT2D eigenvalue weighted by Crippen LogP contribution is 2.25. The van der Waals surface area contributed by atoms with Crippen LogP contribution in [-0.4, -0.2) is 12.4 Å². The summed E-state index contributed by atoms with van der Waals surface area (Å²) in [5.41, 5.74) is 6.50. The molecule has 0 spiro atoms. The third kappa shape index (κ3) is 3.93. The van der Waals surface area contributed by atoms with Crippen LogP contribution < -0.4 is 10.5 Å². The average Bonchev–Trinajstić information content (AvgIpc) is 2.24. The molecule has 0 radical (unpaired) electrons. The minimum absolute atomic E-state index is 0.223. The third-order valence-corrected chi connectivity index (χ3v) is 2.39. The standard InChI is InChI=1S/C13H20N2O/c1-10(2)11-6-3-4-7-12(11)16-9-5-8-13(14)15/h3-4,6-7,10H,5,8-9H2,1-2H3,(H3,14,15). The number of nitrogens with two attached hydrogens (primary N) is 1. The zero-order valence-electron chi connectivity index (χ0n) is 9.99. The summed E-state index contributed by atoms with van der Waals surface area (Å²) in [6.45, 7) is 4.92. The highest BCUT2D eigenvalue weighted by molar-refractivity contribution is 5.76. The molecule has 3 heteroatoms. The fourth-order valence-corrected chi connectivity index (χ4v) is 1.53. The third-order valence-electron chi connectivity index (χ3n) is 2.39. The Morgan fingerprint density at radius 3 is 2.69 bits per heavy atom. The maximum Gasteiger partial charge on any atom is 0.122 e. The van der Waals surface area contributed by atoms with E-state index in [-0.39, 0.29) is 5.84 Å². The molecule has 0 aliphatic carbocycles. The van der Waals surface area contributed by atoms with E-state index in [2.05, 4.69) is 19.9 Å². The first-order chi connectivity index (χ1) is 7.61. The summed E-state index contributed by atoms with van der Waals surface area (Å²) in [7, 11) is 0. The number of hydrogen-bond acceptors (Lipinski definition) is 2. The van der Waals surface area contributed by atoms with Gasteiger partial charge in [-0.15, -0.1) is 0 Å². The first-order valence-electron chi connectivity index (χ1n) is 5.66. The number of nitrogens with one attached hydrogen (secondary N) is 1. The highest BCUT2D eigenvalue weighted by atomic mass is 16.5.